The van der Waals surface area contributed by atoms with Crippen molar-refractivity contribution in [2.45, 2.75) is 31.0 Å². The number of benzene rings is 1. The lowest BCUT2D eigenvalue weighted by Crippen LogP contribution is -2.15. The van der Waals surface area contributed by atoms with Gasteiger partial charge in [-0.25, -0.2) is 0 Å². The molecule has 1 aliphatic carbocycles. The van der Waals surface area contributed by atoms with E-state index in [1.165, 1.54) is 31.0 Å². The molecule has 1 heterocycles. The molecule has 9 nitrogen and oxygen atoms in total. The van der Waals surface area contributed by atoms with Crippen molar-refractivity contribution < 1.29 is 14.5 Å². The van der Waals surface area contributed by atoms with Gasteiger partial charge in [0.15, 0.2) is 5.16 Å². The molecule has 0 unspecified atom stereocenters. The molecule has 0 radical (unpaired) electrons. The van der Waals surface area contributed by atoms with E-state index in [2.05, 4.69) is 15.5 Å². The minimum atomic E-state index is -0.557. The summed E-state index contributed by atoms with van der Waals surface area (Å²) in [5.41, 5.74) is -0.0778. The van der Waals surface area contributed by atoms with Gasteiger partial charge in [0.1, 0.15) is 17.3 Å². The van der Waals surface area contributed by atoms with Crippen LogP contribution in [0, 0.1) is 17.0 Å². The van der Waals surface area contributed by atoms with Crippen LogP contribution in [0.2, 0.25) is 0 Å². The highest BCUT2D eigenvalue weighted by atomic mass is 32.2. The van der Waals surface area contributed by atoms with Crippen molar-refractivity contribution in [2.24, 2.45) is 0 Å². The average Bonchev–Trinajstić information content (AvgIpc) is 3.36. The van der Waals surface area contributed by atoms with Gasteiger partial charge in [0.25, 0.3) is 5.69 Å². The van der Waals surface area contributed by atoms with Crippen molar-refractivity contribution >= 4 is 29.0 Å². The zero-order valence-electron chi connectivity index (χ0n) is 13.8. The summed E-state index contributed by atoms with van der Waals surface area (Å²) in [6.45, 7) is 1.89. The SMILES string of the molecule is COc1ccc(NC(=O)CSc2nnc(C)n2C2CC2)c([N+](=O)[O-])c1. The van der Waals surface area contributed by atoms with E-state index in [4.69, 9.17) is 4.74 Å². The van der Waals surface area contributed by atoms with Gasteiger partial charge in [0, 0.05) is 6.04 Å². The summed E-state index contributed by atoms with van der Waals surface area (Å²) < 4.78 is 7.01. The predicted molar refractivity (Wildman–Crippen MR) is 92.0 cm³/mol. The Labute approximate surface area is 147 Å². The number of nitrogens with zero attached hydrogens (tertiary/aromatic N) is 4. The third kappa shape index (κ3) is 3.90. The second kappa shape index (κ2) is 7.09. The number of nitrogens with one attached hydrogen (secondary N) is 1. The molecule has 1 fully saturated rings. The molecule has 1 aromatic heterocycles. The molecule has 0 spiro atoms. The number of aromatic nitrogens is 3. The van der Waals surface area contributed by atoms with Crippen LogP contribution in [-0.4, -0.2) is 38.5 Å². The topological polar surface area (TPSA) is 112 Å². The molecule has 132 valence electrons. The molecule has 2 aromatic rings. The van der Waals surface area contributed by atoms with Crippen molar-refractivity contribution in [3.8, 4) is 5.75 Å². The molecule has 10 heteroatoms. The number of nitro benzene ring substituents is 1. The predicted octanol–water partition coefficient (Wildman–Crippen LogP) is 2.57. The zero-order chi connectivity index (χ0) is 18.0. The van der Waals surface area contributed by atoms with Gasteiger partial charge in [-0.15, -0.1) is 10.2 Å². The van der Waals surface area contributed by atoms with Crippen LogP contribution >= 0.6 is 11.8 Å². The second-order valence-electron chi connectivity index (χ2n) is 5.61. The molecule has 1 aliphatic rings. The monoisotopic (exact) mass is 363 g/mol. The average molecular weight is 363 g/mol. The first-order valence-corrected chi connectivity index (χ1v) is 8.64. The Morgan fingerprint density at radius 1 is 1.48 bits per heavy atom. The molecule has 3 rings (SSSR count). The van der Waals surface area contributed by atoms with Gasteiger partial charge in [-0.3, -0.25) is 14.9 Å². The minimum Gasteiger partial charge on any atom is -0.496 e. The fraction of sp³-hybridized carbons (Fsp3) is 0.400. The fourth-order valence-electron chi connectivity index (χ4n) is 2.41. The quantitative estimate of drug-likeness (QED) is 0.457. The van der Waals surface area contributed by atoms with Crippen LogP contribution in [0.1, 0.15) is 24.7 Å². The van der Waals surface area contributed by atoms with Crippen LogP contribution in [0.25, 0.3) is 0 Å². The van der Waals surface area contributed by atoms with Crippen LogP contribution in [0.15, 0.2) is 23.4 Å². The van der Waals surface area contributed by atoms with Crippen LogP contribution in [0.4, 0.5) is 11.4 Å². The number of carbonyl (C=O) groups is 1. The molecule has 1 N–H and O–H groups in total. The number of carbonyl (C=O) groups excluding carboxylic acids is 1. The molecule has 1 saturated carbocycles. The maximum atomic E-state index is 12.2. The summed E-state index contributed by atoms with van der Waals surface area (Å²) in [4.78, 5) is 22.8. The van der Waals surface area contributed by atoms with Crippen molar-refractivity contribution in [2.75, 3.05) is 18.2 Å². The lowest BCUT2D eigenvalue weighted by Gasteiger charge is -2.08. The van der Waals surface area contributed by atoms with Gasteiger partial charge in [0.05, 0.1) is 23.9 Å². The molecule has 1 aromatic carbocycles. The number of nitro groups is 1. The number of thioether (sulfide) groups is 1. The summed E-state index contributed by atoms with van der Waals surface area (Å²) >= 11 is 1.27. The largest absolute Gasteiger partial charge is 0.496 e. The van der Waals surface area contributed by atoms with Crippen molar-refractivity contribution in [1.29, 1.82) is 0 Å². The second-order valence-corrected chi connectivity index (χ2v) is 6.55. The van der Waals surface area contributed by atoms with E-state index in [1.807, 2.05) is 11.5 Å². The molecule has 25 heavy (non-hydrogen) atoms. The van der Waals surface area contributed by atoms with Crippen molar-refractivity contribution in [3.63, 3.8) is 0 Å². The van der Waals surface area contributed by atoms with Gasteiger partial charge in [-0.05, 0) is 31.9 Å². The maximum absolute atomic E-state index is 12.2. The third-order valence-corrected chi connectivity index (χ3v) is 4.70. The first-order valence-electron chi connectivity index (χ1n) is 7.66. The highest BCUT2D eigenvalue weighted by Crippen LogP contribution is 2.38. The number of anilines is 1. The van der Waals surface area contributed by atoms with E-state index in [1.54, 1.807) is 6.07 Å². The van der Waals surface area contributed by atoms with E-state index in [9.17, 15) is 14.9 Å². The van der Waals surface area contributed by atoms with Crippen LogP contribution in [-0.2, 0) is 4.79 Å². The van der Waals surface area contributed by atoms with E-state index in [0.717, 1.165) is 18.7 Å². The van der Waals surface area contributed by atoms with E-state index >= 15 is 0 Å². The van der Waals surface area contributed by atoms with Crippen molar-refractivity contribution in [3.05, 3.63) is 34.1 Å². The standard InChI is InChI=1S/C15H17N5O4S/c1-9-17-18-15(19(9)10-3-4-10)25-8-14(21)16-12-6-5-11(24-2)7-13(12)20(22)23/h5-7,10H,3-4,8H2,1-2H3,(H,16,21). The van der Waals surface area contributed by atoms with Gasteiger partial charge in [-0.1, -0.05) is 11.8 Å². The highest BCUT2D eigenvalue weighted by molar-refractivity contribution is 7.99. The fourth-order valence-corrected chi connectivity index (χ4v) is 3.26. The van der Waals surface area contributed by atoms with Crippen LogP contribution in [0.5, 0.6) is 5.75 Å². The molecular weight excluding hydrogens is 346 g/mol. The number of amides is 1. The van der Waals surface area contributed by atoms with Crippen molar-refractivity contribution in [1.82, 2.24) is 14.8 Å². The van der Waals surface area contributed by atoms with E-state index < -0.39 is 4.92 Å². The number of hydrogen-bond donors (Lipinski definition) is 1. The Morgan fingerprint density at radius 3 is 2.88 bits per heavy atom. The molecular formula is C15H17N5O4S. The molecule has 0 bridgehead atoms. The Morgan fingerprint density at radius 2 is 2.24 bits per heavy atom. The highest BCUT2D eigenvalue weighted by Gasteiger charge is 2.28. The summed E-state index contributed by atoms with van der Waals surface area (Å²) in [5.74, 6) is 0.929. The van der Waals surface area contributed by atoms with Crippen LogP contribution in [0.3, 0.4) is 0 Å². The number of rotatable bonds is 7. The number of hydrogen-bond acceptors (Lipinski definition) is 7. The molecule has 1 amide bonds. The van der Waals surface area contributed by atoms with Gasteiger partial charge < -0.3 is 14.6 Å². The van der Waals surface area contributed by atoms with Gasteiger partial charge in [0.2, 0.25) is 5.91 Å². The van der Waals surface area contributed by atoms with E-state index in [0.29, 0.717) is 16.9 Å². The summed E-state index contributed by atoms with van der Waals surface area (Å²) in [6.07, 6.45) is 2.19. The lowest BCUT2D eigenvalue weighted by atomic mass is 10.2. The number of aryl methyl sites for hydroxylation is 1. The number of ether oxygens (including phenoxy) is 1. The van der Waals surface area contributed by atoms with Crippen LogP contribution < -0.4 is 10.1 Å². The summed E-state index contributed by atoms with van der Waals surface area (Å²) in [5, 5.41) is 22.6. The lowest BCUT2D eigenvalue weighted by molar-refractivity contribution is -0.384. The van der Waals surface area contributed by atoms with Gasteiger partial charge >= 0.3 is 0 Å². The Kier molecular flexibility index (Phi) is 4.88. The molecule has 0 aliphatic heterocycles. The number of methoxy groups -OCH3 is 1. The summed E-state index contributed by atoms with van der Waals surface area (Å²) in [6, 6.07) is 4.71. The Balaban J connectivity index is 1.66. The molecule has 0 atom stereocenters. The Hall–Kier alpha value is -2.62. The minimum absolute atomic E-state index is 0.0913. The molecule has 0 saturated heterocycles. The van der Waals surface area contributed by atoms with E-state index in [-0.39, 0.29) is 23.0 Å². The zero-order valence-corrected chi connectivity index (χ0v) is 14.6. The first kappa shape index (κ1) is 17.2. The normalized spacial score (nSPS) is 13.5. The Bertz CT molecular complexity index is 818. The summed E-state index contributed by atoms with van der Waals surface area (Å²) in [7, 11) is 1.42. The first-order chi connectivity index (χ1) is 12.0. The van der Waals surface area contributed by atoms with Gasteiger partial charge in [-0.2, -0.15) is 0 Å². The smallest absolute Gasteiger partial charge is 0.296 e. The maximum Gasteiger partial charge on any atom is 0.296 e. The third-order valence-electron chi connectivity index (χ3n) is 3.76.